The number of fused-ring (bicyclic) bond motifs is 2. The average molecular weight is 637 g/mol. The molecule has 1 aliphatic heterocycles. The maximum Gasteiger partial charge on any atom is 0.271 e. The highest BCUT2D eigenvalue weighted by molar-refractivity contribution is 9.10. The standard InChI is InChI=1S/C31H30BrN3O5S/c1-6-34(7-2)30(38)25-17(3)33-31-35(27(25)26-20-11-9-8-10-19(20)12-13-22(26)39-4)29(37)24(41-31)16-18-14-21(32)28(36)23(15-18)40-5/h8-16,27,36H,6-7H2,1-5H3/b24-16+/t27-/m0/s1. The number of halogens is 1. The monoisotopic (exact) mass is 635 g/mol. The Morgan fingerprint density at radius 3 is 2.51 bits per heavy atom. The molecule has 0 aliphatic carbocycles. The van der Waals surface area contributed by atoms with E-state index in [0.717, 1.165) is 16.3 Å². The maximum atomic E-state index is 14.2. The number of thiazole rings is 1. The maximum absolute atomic E-state index is 14.2. The summed E-state index contributed by atoms with van der Waals surface area (Å²) in [4.78, 5) is 35.3. The molecule has 0 unspecified atom stereocenters. The van der Waals surface area contributed by atoms with E-state index in [0.29, 0.717) is 49.5 Å². The van der Waals surface area contributed by atoms with Crippen LogP contribution in [0.2, 0.25) is 0 Å². The lowest BCUT2D eigenvalue weighted by molar-refractivity contribution is -0.127. The van der Waals surface area contributed by atoms with Gasteiger partial charge >= 0.3 is 0 Å². The molecule has 0 spiro atoms. The number of amides is 1. The van der Waals surface area contributed by atoms with E-state index >= 15 is 0 Å². The zero-order chi connectivity index (χ0) is 29.4. The Balaban J connectivity index is 1.84. The predicted molar refractivity (Wildman–Crippen MR) is 165 cm³/mol. The van der Waals surface area contributed by atoms with Crippen molar-refractivity contribution < 1.29 is 19.4 Å². The lowest BCUT2D eigenvalue weighted by Crippen LogP contribution is -2.43. The van der Waals surface area contributed by atoms with Crippen molar-refractivity contribution in [3.05, 3.63) is 95.1 Å². The van der Waals surface area contributed by atoms with E-state index < -0.39 is 6.04 Å². The van der Waals surface area contributed by atoms with Gasteiger partial charge in [-0.1, -0.05) is 41.7 Å². The van der Waals surface area contributed by atoms with Gasteiger partial charge in [0.2, 0.25) is 0 Å². The van der Waals surface area contributed by atoms with Gasteiger partial charge in [-0.3, -0.25) is 14.2 Å². The molecular formula is C31H30BrN3O5S. The number of phenols is 1. The molecule has 1 aromatic heterocycles. The summed E-state index contributed by atoms with van der Waals surface area (Å²) in [5, 5.41) is 12.1. The predicted octanol–water partition coefficient (Wildman–Crippen LogP) is 4.74. The smallest absolute Gasteiger partial charge is 0.271 e. The van der Waals surface area contributed by atoms with E-state index in [1.807, 2.05) is 57.2 Å². The number of methoxy groups -OCH3 is 2. The molecule has 1 atom stereocenters. The summed E-state index contributed by atoms with van der Waals surface area (Å²) in [7, 11) is 3.06. The van der Waals surface area contributed by atoms with Crippen LogP contribution in [-0.2, 0) is 4.79 Å². The first-order valence-corrected chi connectivity index (χ1v) is 14.8. The van der Waals surface area contributed by atoms with Gasteiger partial charge in [0.05, 0.1) is 34.5 Å². The van der Waals surface area contributed by atoms with Gasteiger partial charge in [0.1, 0.15) is 11.8 Å². The summed E-state index contributed by atoms with van der Waals surface area (Å²) < 4.78 is 13.6. The number of likely N-dealkylation sites (N-methyl/N-ethyl adjacent to an activating group) is 1. The van der Waals surface area contributed by atoms with Crippen molar-refractivity contribution >= 4 is 50.0 Å². The van der Waals surface area contributed by atoms with Crippen LogP contribution >= 0.6 is 27.3 Å². The molecule has 8 nitrogen and oxygen atoms in total. The fourth-order valence-electron chi connectivity index (χ4n) is 5.27. The number of phenolic OH excluding ortho intramolecular Hbond substituents is 1. The van der Waals surface area contributed by atoms with E-state index in [2.05, 4.69) is 15.9 Å². The van der Waals surface area contributed by atoms with Crippen molar-refractivity contribution in [3.63, 3.8) is 0 Å². The van der Waals surface area contributed by atoms with Crippen LogP contribution in [0.25, 0.3) is 16.8 Å². The highest BCUT2D eigenvalue weighted by atomic mass is 79.9. The number of ether oxygens (including phenoxy) is 2. The number of rotatable bonds is 7. The van der Waals surface area contributed by atoms with Gasteiger partial charge in [0.25, 0.3) is 11.5 Å². The second-order valence-electron chi connectivity index (χ2n) is 9.52. The van der Waals surface area contributed by atoms with Crippen LogP contribution in [0, 0.1) is 0 Å². The normalized spacial score (nSPS) is 15.1. The number of carbonyl (C=O) groups excluding carboxylic acids is 1. The van der Waals surface area contributed by atoms with Crippen LogP contribution in [0.4, 0.5) is 0 Å². The number of allylic oxidation sites excluding steroid dienone is 1. The van der Waals surface area contributed by atoms with Gasteiger partial charge < -0.3 is 19.5 Å². The molecule has 3 aromatic carbocycles. The van der Waals surface area contributed by atoms with Crippen molar-refractivity contribution in [2.24, 2.45) is 4.99 Å². The molecule has 1 amide bonds. The summed E-state index contributed by atoms with van der Waals surface area (Å²) in [6, 6.07) is 14.3. The Kier molecular flexibility index (Phi) is 8.06. The van der Waals surface area contributed by atoms with Crippen molar-refractivity contribution in [2.75, 3.05) is 27.3 Å². The zero-order valence-electron chi connectivity index (χ0n) is 23.4. The van der Waals surface area contributed by atoms with Gasteiger partial charge in [-0.15, -0.1) is 0 Å². The summed E-state index contributed by atoms with van der Waals surface area (Å²) in [5.74, 6) is 0.664. The second-order valence-corrected chi connectivity index (χ2v) is 11.4. The van der Waals surface area contributed by atoms with Crippen LogP contribution < -0.4 is 24.4 Å². The third-order valence-corrected chi connectivity index (χ3v) is 8.88. The van der Waals surface area contributed by atoms with Crippen LogP contribution in [0.3, 0.4) is 0 Å². The SMILES string of the molecule is CCN(CC)C(=O)C1=C(C)N=c2s/c(=C/c3cc(Br)c(O)c(OC)c3)c(=O)n2[C@@H]1c1c(OC)ccc2ccccc12. The van der Waals surface area contributed by atoms with Crippen molar-refractivity contribution in [1.82, 2.24) is 9.47 Å². The molecule has 10 heteroatoms. The van der Waals surface area contributed by atoms with E-state index in [1.165, 1.54) is 18.4 Å². The highest BCUT2D eigenvalue weighted by Crippen LogP contribution is 2.40. The third-order valence-electron chi connectivity index (χ3n) is 7.30. The molecule has 41 heavy (non-hydrogen) atoms. The minimum atomic E-state index is -0.761. The molecule has 1 N–H and O–H groups in total. The van der Waals surface area contributed by atoms with Crippen molar-refractivity contribution in [1.29, 1.82) is 0 Å². The van der Waals surface area contributed by atoms with E-state index in [4.69, 9.17) is 14.5 Å². The largest absolute Gasteiger partial charge is 0.503 e. The minimum absolute atomic E-state index is 0.0238. The second kappa shape index (κ2) is 11.5. The van der Waals surface area contributed by atoms with Gasteiger partial charge in [-0.25, -0.2) is 4.99 Å². The average Bonchev–Trinajstić information content (AvgIpc) is 3.27. The summed E-state index contributed by atoms with van der Waals surface area (Å²) in [5.41, 5.74) is 2.11. The number of carbonyl (C=O) groups is 1. The Bertz CT molecular complexity index is 1890. The van der Waals surface area contributed by atoms with E-state index in [9.17, 15) is 14.7 Å². The van der Waals surface area contributed by atoms with Crippen LogP contribution in [-0.4, -0.2) is 47.8 Å². The van der Waals surface area contributed by atoms with E-state index in [-0.39, 0.29) is 23.0 Å². The number of hydrogen-bond donors (Lipinski definition) is 1. The molecule has 0 bridgehead atoms. The van der Waals surface area contributed by atoms with Crippen LogP contribution in [0.5, 0.6) is 17.2 Å². The first kappa shape index (κ1) is 28.6. The summed E-state index contributed by atoms with van der Waals surface area (Å²) >= 11 is 4.60. The summed E-state index contributed by atoms with van der Waals surface area (Å²) in [6.07, 6.45) is 1.74. The van der Waals surface area contributed by atoms with Gasteiger partial charge in [0.15, 0.2) is 16.3 Å². The van der Waals surface area contributed by atoms with Crippen molar-refractivity contribution in [3.8, 4) is 17.2 Å². The molecule has 0 fully saturated rings. The number of nitrogens with zero attached hydrogens (tertiary/aromatic N) is 3. The Morgan fingerprint density at radius 2 is 1.83 bits per heavy atom. The van der Waals surface area contributed by atoms with Gasteiger partial charge in [-0.05, 0) is 77.3 Å². The van der Waals surface area contributed by atoms with Crippen LogP contribution in [0.1, 0.15) is 37.9 Å². The lowest BCUT2D eigenvalue weighted by atomic mass is 9.90. The molecule has 4 aromatic rings. The molecule has 212 valence electrons. The molecule has 1 aliphatic rings. The highest BCUT2D eigenvalue weighted by Gasteiger charge is 2.36. The number of aromatic hydroxyl groups is 1. The molecule has 0 saturated carbocycles. The molecule has 0 saturated heterocycles. The Morgan fingerprint density at radius 1 is 1.12 bits per heavy atom. The molecule has 5 rings (SSSR count). The quantitative estimate of drug-likeness (QED) is 0.317. The summed E-state index contributed by atoms with van der Waals surface area (Å²) in [6.45, 7) is 6.73. The Hall–Kier alpha value is -3.89. The molecule has 2 heterocycles. The topological polar surface area (TPSA) is 93.4 Å². The fourth-order valence-corrected chi connectivity index (χ4v) is 6.78. The van der Waals surface area contributed by atoms with Gasteiger partial charge in [-0.2, -0.15) is 0 Å². The van der Waals surface area contributed by atoms with E-state index in [1.54, 1.807) is 34.8 Å². The number of benzene rings is 3. The Labute approximate surface area is 249 Å². The fraction of sp³-hybridized carbons (Fsp3) is 0.258. The first-order valence-electron chi connectivity index (χ1n) is 13.2. The molecule has 0 radical (unpaired) electrons. The van der Waals surface area contributed by atoms with Gasteiger partial charge in [0, 0.05) is 18.7 Å². The number of aromatic nitrogens is 1. The van der Waals surface area contributed by atoms with Crippen molar-refractivity contribution in [2.45, 2.75) is 26.8 Å². The minimum Gasteiger partial charge on any atom is -0.503 e. The number of hydrogen-bond acceptors (Lipinski definition) is 7. The lowest BCUT2D eigenvalue weighted by Gasteiger charge is -2.30. The zero-order valence-corrected chi connectivity index (χ0v) is 25.8. The third kappa shape index (κ3) is 4.95. The van der Waals surface area contributed by atoms with Crippen LogP contribution in [0.15, 0.2) is 74.1 Å². The molecular weight excluding hydrogens is 606 g/mol. The first-order chi connectivity index (χ1) is 19.7.